The molecule has 2 rings (SSSR count). The van der Waals surface area contributed by atoms with Crippen molar-refractivity contribution in [3.8, 4) is 10.4 Å². The molecule has 0 saturated carbocycles. The van der Waals surface area contributed by atoms with Crippen molar-refractivity contribution in [3.05, 3.63) is 58.7 Å². The van der Waals surface area contributed by atoms with Gasteiger partial charge in [0.05, 0.1) is 0 Å². The maximum atomic E-state index is 13.8. The summed E-state index contributed by atoms with van der Waals surface area (Å²) in [6.45, 7) is 5.75. The minimum absolute atomic E-state index is 0.157. The van der Waals surface area contributed by atoms with Crippen LogP contribution in [0.15, 0.2) is 47.4 Å². The second kappa shape index (κ2) is 6.64. The molecule has 1 aromatic carbocycles. The van der Waals surface area contributed by atoms with E-state index in [-0.39, 0.29) is 5.82 Å². The van der Waals surface area contributed by atoms with E-state index in [1.165, 1.54) is 5.57 Å². The van der Waals surface area contributed by atoms with Crippen LogP contribution in [-0.4, -0.2) is 6.54 Å². The minimum atomic E-state index is -0.157. The highest BCUT2D eigenvalue weighted by atomic mass is 32.1. The predicted molar refractivity (Wildman–Crippen MR) is 80.9 cm³/mol. The molecule has 0 amide bonds. The SMILES string of the molecule is CC(C)=CCNCc1ccc(F)c(-c2cccs2)c1. The summed E-state index contributed by atoms with van der Waals surface area (Å²) < 4.78 is 13.8. The Bertz CT molecular complexity index is 554. The highest BCUT2D eigenvalue weighted by Crippen LogP contribution is 2.28. The number of allylic oxidation sites excluding steroid dienone is 1. The van der Waals surface area contributed by atoms with Crippen molar-refractivity contribution in [2.24, 2.45) is 0 Å². The number of nitrogens with one attached hydrogen (secondary N) is 1. The fourth-order valence-corrected chi connectivity index (χ4v) is 2.54. The van der Waals surface area contributed by atoms with Crippen molar-refractivity contribution in [1.29, 1.82) is 0 Å². The van der Waals surface area contributed by atoms with Crippen LogP contribution in [0.2, 0.25) is 0 Å². The zero-order valence-electron chi connectivity index (χ0n) is 11.2. The van der Waals surface area contributed by atoms with E-state index < -0.39 is 0 Å². The number of benzene rings is 1. The number of halogens is 1. The summed E-state index contributed by atoms with van der Waals surface area (Å²) in [6, 6.07) is 9.20. The molecule has 0 radical (unpaired) electrons. The van der Waals surface area contributed by atoms with Crippen molar-refractivity contribution in [2.75, 3.05) is 6.54 Å². The summed E-state index contributed by atoms with van der Waals surface area (Å²) in [6.07, 6.45) is 2.14. The lowest BCUT2D eigenvalue weighted by atomic mass is 10.1. The Morgan fingerprint density at radius 1 is 1.32 bits per heavy atom. The van der Waals surface area contributed by atoms with Crippen LogP contribution in [-0.2, 0) is 6.54 Å². The molecule has 0 unspecified atom stereocenters. The topological polar surface area (TPSA) is 12.0 Å². The smallest absolute Gasteiger partial charge is 0.131 e. The van der Waals surface area contributed by atoms with Crippen molar-refractivity contribution in [1.82, 2.24) is 5.32 Å². The Labute approximate surface area is 117 Å². The van der Waals surface area contributed by atoms with Crippen LogP contribution in [0.5, 0.6) is 0 Å². The fraction of sp³-hybridized carbons (Fsp3) is 0.250. The van der Waals surface area contributed by atoms with Crippen molar-refractivity contribution in [2.45, 2.75) is 20.4 Å². The minimum Gasteiger partial charge on any atom is -0.309 e. The molecule has 1 heterocycles. The Balaban J connectivity index is 2.07. The van der Waals surface area contributed by atoms with E-state index in [2.05, 4.69) is 25.2 Å². The first-order valence-corrected chi connectivity index (χ1v) is 7.21. The van der Waals surface area contributed by atoms with Crippen LogP contribution < -0.4 is 5.32 Å². The Morgan fingerprint density at radius 2 is 2.16 bits per heavy atom. The van der Waals surface area contributed by atoms with Crippen molar-refractivity contribution >= 4 is 11.3 Å². The molecule has 19 heavy (non-hydrogen) atoms. The summed E-state index contributed by atoms with van der Waals surface area (Å²) in [4.78, 5) is 0.976. The van der Waals surface area contributed by atoms with Crippen LogP contribution in [0, 0.1) is 5.82 Å². The Morgan fingerprint density at radius 3 is 2.84 bits per heavy atom. The monoisotopic (exact) mass is 275 g/mol. The summed E-state index contributed by atoms with van der Waals surface area (Å²) in [7, 11) is 0. The molecule has 0 aliphatic rings. The molecule has 0 aliphatic carbocycles. The van der Waals surface area contributed by atoms with Gasteiger partial charge in [-0.3, -0.25) is 0 Å². The van der Waals surface area contributed by atoms with E-state index in [1.54, 1.807) is 17.4 Å². The normalized spacial score (nSPS) is 10.5. The molecule has 0 spiro atoms. The van der Waals surface area contributed by atoms with E-state index >= 15 is 0 Å². The maximum absolute atomic E-state index is 13.8. The molecule has 1 N–H and O–H groups in total. The maximum Gasteiger partial charge on any atom is 0.131 e. The Kier molecular flexibility index (Phi) is 4.88. The van der Waals surface area contributed by atoms with E-state index in [1.807, 2.05) is 29.6 Å². The van der Waals surface area contributed by atoms with E-state index in [0.717, 1.165) is 23.5 Å². The molecule has 3 heteroatoms. The van der Waals surface area contributed by atoms with Gasteiger partial charge in [0, 0.05) is 23.5 Å². The van der Waals surface area contributed by atoms with Gasteiger partial charge in [0.25, 0.3) is 0 Å². The van der Waals surface area contributed by atoms with Gasteiger partial charge in [0.15, 0.2) is 0 Å². The number of rotatable bonds is 5. The van der Waals surface area contributed by atoms with Gasteiger partial charge in [0.2, 0.25) is 0 Å². The molecular weight excluding hydrogens is 257 g/mol. The number of hydrogen-bond acceptors (Lipinski definition) is 2. The first-order valence-electron chi connectivity index (χ1n) is 6.33. The molecule has 2 aromatic rings. The van der Waals surface area contributed by atoms with Crippen LogP contribution >= 0.6 is 11.3 Å². The molecule has 0 saturated heterocycles. The van der Waals surface area contributed by atoms with Crippen molar-refractivity contribution in [3.63, 3.8) is 0 Å². The third-order valence-corrected chi connectivity index (χ3v) is 3.70. The van der Waals surface area contributed by atoms with Gasteiger partial charge in [-0.05, 0) is 43.0 Å². The highest BCUT2D eigenvalue weighted by Gasteiger charge is 2.06. The van der Waals surface area contributed by atoms with Gasteiger partial charge in [0.1, 0.15) is 5.82 Å². The lowest BCUT2D eigenvalue weighted by Crippen LogP contribution is -2.13. The van der Waals surface area contributed by atoms with Crippen LogP contribution in [0.3, 0.4) is 0 Å². The average Bonchev–Trinajstić information content (AvgIpc) is 2.90. The predicted octanol–water partition coefficient (Wildman–Crippen LogP) is 4.61. The molecule has 1 nitrogen and oxygen atoms in total. The molecule has 100 valence electrons. The number of hydrogen-bond donors (Lipinski definition) is 1. The summed E-state index contributed by atoms with van der Waals surface area (Å²) in [5.41, 5.74) is 3.09. The molecule has 0 aliphatic heterocycles. The second-order valence-electron chi connectivity index (χ2n) is 4.70. The first kappa shape index (κ1) is 14.0. The molecule has 1 aromatic heterocycles. The van der Waals surface area contributed by atoms with Gasteiger partial charge >= 0.3 is 0 Å². The van der Waals surface area contributed by atoms with Crippen LogP contribution in [0.25, 0.3) is 10.4 Å². The van der Waals surface area contributed by atoms with Crippen LogP contribution in [0.4, 0.5) is 4.39 Å². The molecular formula is C16H18FNS. The van der Waals surface area contributed by atoms with E-state index in [0.29, 0.717) is 5.56 Å². The molecule has 0 bridgehead atoms. The summed E-state index contributed by atoms with van der Waals surface area (Å²) in [5, 5.41) is 5.30. The quantitative estimate of drug-likeness (QED) is 0.620. The average molecular weight is 275 g/mol. The number of thiophene rings is 1. The fourth-order valence-electron chi connectivity index (χ4n) is 1.80. The van der Waals surface area contributed by atoms with Gasteiger partial charge in [-0.1, -0.05) is 23.8 Å². The summed E-state index contributed by atoms with van der Waals surface area (Å²) >= 11 is 1.56. The second-order valence-corrected chi connectivity index (χ2v) is 5.65. The third-order valence-electron chi connectivity index (χ3n) is 2.80. The van der Waals surface area contributed by atoms with Gasteiger partial charge in [-0.2, -0.15) is 0 Å². The standard InChI is InChI=1S/C16H18FNS/c1-12(2)7-8-18-11-13-5-6-15(17)14(10-13)16-4-3-9-19-16/h3-7,9-10,18H,8,11H2,1-2H3. The molecule has 0 fully saturated rings. The summed E-state index contributed by atoms with van der Waals surface area (Å²) in [5.74, 6) is -0.157. The third kappa shape index (κ3) is 4.01. The van der Waals surface area contributed by atoms with Crippen molar-refractivity contribution < 1.29 is 4.39 Å². The zero-order chi connectivity index (χ0) is 13.7. The van der Waals surface area contributed by atoms with Crippen LogP contribution in [0.1, 0.15) is 19.4 Å². The first-order chi connectivity index (χ1) is 9.16. The lowest BCUT2D eigenvalue weighted by molar-refractivity contribution is 0.630. The van der Waals surface area contributed by atoms with Gasteiger partial charge in [-0.15, -0.1) is 11.3 Å². The zero-order valence-corrected chi connectivity index (χ0v) is 12.1. The lowest BCUT2D eigenvalue weighted by Gasteiger charge is -2.06. The van der Waals surface area contributed by atoms with Gasteiger partial charge < -0.3 is 5.32 Å². The highest BCUT2D eigenvalue weighted by molar-refractivity contribution is 7.13. The Hall–Kier alpha value is -1.45. The van der Waals surface area contributed by atoms with E-state index in [4.69, 9.17) is 0 Å². The van der Waals surface area contributed by atoms with E-state index in [9.17, 15) is 4.39 Å². The molecule has 0 atom stereocenters. The largest absolute Gasteiger partial charge is 0.309 e. The van der Waals surface area contributed by atoms with Gasteiger partial charge in [-0.25, -0.2) is 4.39 Å².